The number of amides is 1. The van der Waals surface area contributed by atoms with E-state index in [1.165, 1.54) is 18.6 Å². The second-order valence-electron chi connectivity index (χ2n) is 7.57. The van der Waals surface area contributed by atoms with Crippen LogP contribution in [-0.4, -0.2) is 80.0 Å². The summed E-state index contributed by atoms with van der Waals surface area (Å²) in [5.74, 6) is 0.530. The van der Waals surface area contributed by atoms with E-state index in [1.54, 1.807) is 12.1 Å². The second-order valence-corrected chi connectivity index (χ2v) is 7.57. The third-order valence-electron chi connectivity index (χ3n) is 5.47. The Bertz CT molecular complexity index is 619. The summed E-state index contributed by atoms with van der Waals surface area (Å²) < 4.78 is 30.8. The summed E-state index contributed by atoms with van der Waals surface area (Å²) >= 11 is 0. The number of carbonyl (C=O) groups excluding carboxylic acids is 1. The Balaban J connectivity index is 1.25. The highest BCUT2D eigenvalue weighted by Gasteiger charge is 2.38. The molecule has 3 aliphatic heterocycles. The number of nitrogens with zero attached hydrogens (tertiary/aromatic N) is 2. The number of hydrogen-bond donors (Lipinski definition) is 0. The van der Waals surface area contributed by atoms with Crippen molar-refractivity contribution in [3.8, 4) is 5.75 Å². The molecule has 1 aromatic rings. The molecule has 0 aromatic heterocycles. The van der Waals surface area contributed by atoms with Gasteiger partial charge in [-0.15, -0.1) is 0 Å². The third kappa shape index (κ3) is 4.78. The summed E-state index contributed by atoms with van der Waals surface area (Å²) in [5, 5.41) is 0. The lowest BCUT2D eigenvalue weighted by molar-refractivity contribution is -0.133. The zero-order chi connectivity index (χ0) is 18.6. The molecule has 0 saturated carbocycles. The molecule has 148 valence electrons. The van der Waals surface area contributed by atoms with Gasteiger partial charge < -0.3 is 19.1 Å². The molecule has 7 heteroatoms. The molecular weight excluding hydrogens is 351 g/mol. The lowest BCUT2D eigenvalue weighted by atomic mass is 10.1. The molecule has 6 nitrogen and oxygen atoms in total. The van der Waals surface area contributed by atoms with Crippen LogP contribution in [0.3, 0.4) is 0 Å². The minimum atomic E-state index is -0.288. The van der Waals surface area contributed by atoms with Gasteiger partial charge in [0.1, 0.15) is 17.7 Å². The van der Waals surface area contributed by atoms with E-state index in [0.717, 1.165) is 25.9 Å². The van der Waals surface area contributed by atoms with E-state index in [9.17, 15) is 9.18 Å². The van der Waals surface area contributed by atoms with Crippen molar-refractivity contribution in [2.24, 2.45) is 0 Å². The first kappa shape index (κ1) is 18.7. The number of ether oxygens (including phenoxy) is 3. The van der Waals surface area contributed by atoms with Gasteiger partial charge in [-0.25, -0.2) is 4.39 Å². The molecule has 0 bridgehead atoms. The Labute approximate surface area is 159 Å². The fourth-order valence-corrected chi connectivity index (χ4v) is 3.99. The largest absolute Gasteiger partial charge is 0.486 e. The Morgan fingerprint density at radius 2 is 1.67 bits per heavy atom. The standard InChI is InChI=1S/C20H27FN2O4/c21-15-4-6-16(7-5-15)27-17-13-25-18-10-22(11-19(18)26-14-17)12-20(24)23-8-2-1-3-9-23/h4-7,17-19H,1-3,8-14H2/t18-,19-/m0/s1. The Hall–Kier alpha value is -1.70. The number of fused-ring (bicyclic) bond motifs is 1. The molecule has 0 aliphatic carbocycles. The Morgan fingerprint density at radius 1 is 1.04 bits per heavy atom. The maximum atomic E-state index is 13.0. The number of benzene rings is 1. The van der Waals surface area contributed by atoms with Crippen molar-refractivity contribution in [1.82, 2.24) is 9.80 Å². The molecule has 3 fully saturated rings. The van der Waals surface area contributed by atoms with E-state index in [4.69, 9.17) is 14.2 Å². The number of hydrogen-bond acceptors (Lipinski definition) is 5. The van der Waals surface area contributed by atoms with Crippen LogP contribution in [0, 0.1) is 5.82 Å². The van der Waals surface area contributed by atoms with E-state index in [0.29, 0.717) is 38.6 Å². The van der Waals surface area contributed by atoms with E-state index >= 15 is 0 Å². The van der Waals surface area contributed by atoms with Gasteiger partial charge in [0.05, 0.1) is 32.0 Å². The maximum Gasteiger partial charge on any atom is 0.236 e. The van der Waals surface area contributed by atoms with Gasteiger partial charge in [0.15, 0.2) is 0 Å². The van der Waals surface area contributed by atoms with Crippen molar-refractivity contribution in [2.45, 2.75) is 37.6 Å². The Kier molecular flexibility index (Phi) is 5.90. The van der Waals surface area contributed by atoms with Gasteiger partial charge in [-0.05, 0) is 43.5 Å². The van der Waals surface area contributed by atoms with Crippen LogP contribution >= 0.6 is 0 Å². The minimum absolute atomic E-state index is 0.0408. The quantitative estimate of drug-likeness (QED) is 0.798. The van der Waals surface area contributed by atoms with Crippen LogP contribution in [0.25, 0.3) is 0 Å². The first-order valence-corrected chi connectivity index (χ1v) is 9.83. The summed E-state index contributed by atoms with van der Waals surface area (Å²) in [6, 6.07) is 5.96. The number of carbonyl (C=O) groups is 1. The molecule has 27 heavy (non-hydrogen) atoms. The van der Waals surface area contributed by atoms with Gasteiger partial charge in [-0.3, -0.25) is 9.69 Å². The zero-order valence-corrected chi connectivity index (χ0v) is 15.5. The number of piperidine rings is 1. The van der Waals surface area contributed by atoms with Crippen LogP contribution < -0.4 is 4.74 Å². The molecule has 3 heterocycles. The second kappa shape index (κ2) is 8.54. The fraction of sp³-hybridized carbons (Fsp3) is 0.650. The van der Waals surface area contributed by atoms with Crippen molar-refractivity contribution in [2.75, 3.05) is 45.9 Å². The highest BCUT2D eigenvalue weighted by molar-refractivity contribution is 5.78. The average molecular weight is 378 g/mol. The van der Waals surface area contributed by atoms with Crippen LogP contribution in [0.5, 0.6) is 5.75 Å². The predicted molar refractivity (Wildman–Crippen MR) is 97.2 cm³/mol. The highest BCUT2D eigenvalue weighted by atomic mass is 19.1. The molecular formula is C20H27FN2O4. The van der Waals surface area contributed by atoms with E-state index in [2.05, 4.69) is 4.90 Å². The average Bonchev–Trinajstić information content (AvgIpc) is 2.98. The monoisotopic (exact) mass is 378 g/mol. The summed E-state index contributed by atoms with van der Waals surface area (Å²) in [6.45, 7) is 4.46. The van der Waals surface area contributed by atoms with Crippen LogP contribution in [0.15, 0.2) is 24.3 Å². The summed E-state index contributed by atoms with van der Waals surface area (Å²) in [6.07, 6.45) is 3.14. The minimum Gasteiger partial charge on any atom is -0.486 e. The number of likely N-dealkylation sites (tertiary alicyclic amines) is 2. The molecule has 2 atom stereocenters. The van der Waals surface area contributed by atoms with Crippen LogP contribution in [0.2, 0.25) is 0 Å². The molecule has 0 N–H and O–H groups in total. The Morgan fingerprint density at radius 3 is 2.30 bits per heavy atom. The van der Waals surface area contributed by atoms with Crippen LogP contribution in [0.1, 0.15) is 19.3 Å². The van der Waals surface area contributed by atoms with Gasteiger partial charge in [-0.1, -0.05) is 0 Å². The van der Waals surface area contributed by atoms with Crippen molar-refractivity contribution in [3.05, 3.63) is 30.1 Å². The van der Waals surface area contributed by atoms with E-state index in [-0.39, 0.29) is 30.0 Å². The van der Waals surface area contributed by atoms with Gasteiger partial charge in [-0.2, -0.15) is 0 Å². The molecule has 3 aliphatic rings. The topological polar surface area (TPSA) is 51.2 Å². The first-order valence-electron chi connectivity index (χ1n) is 9.83. The SMILES string of the molecule is O=C(CN1C[C@@H]2OCC(Oc3ccc(F)cc3)CO[C@H]2C1)N1CCCCC1. The van der Waals surface area contributed by atoms with Gasteiger partial charge in [0.2, 0.25) is 5.91 Å². The van der Waals surface area contributed by atoms with Gasteiger partial charge in [0, 0.05) is 26.2 Å². The van der Waals surface area contributed by atoms with Crippen molar-refractivity contribution < 1.29 is 23.4 Å². The first-order chi connectivity index (χ1) is 13.2. The summed E-state index contributed by atoms with van der Waals surface area (Å²) in [5.41, 5.74) is 0. The molecule has 0 radical (unpaired) electrons. The van der Waals surface area contributed by atoms with Gasteiger partial charge >= 0.3 is 0 Å². The summed E-state index contributed by atoms with van der Waals surface area (Å²) in [4.78, 5) is 16.6. The molecule has 1 aromatic carbocycles. The van der Waals surface area contributed by atoms with Crippen molar-refractivity contribution >= 4 is 5.91 Å². The van der Waals surface area contributed by atoms with Crippen LogP contribution in [0.4, 0.5) is 4.39 Å². The van der Waals surface area contributed by atoms with E-state index in [1.807, 2.05) is 4.90 Å². The zero-order valence-electron chi connectivity index (χ0n) is 15.5. The van der Waals surface area contributed by atoms with Gasteiger partial charge in [0.25, 0.3) is 0 Å². The third-order valence-corrected chi connectivity index (χ3v) is 5.47. The smallest absolute Gasteiger partial charge is 0.236 e. The number of halogens is 1. The van der Waals surface area contributed by atoms with Crippen LogP contribution in [-0.2, 0) is 14.3 Å². The molecule has 0 unspecified atom stereocenters. The summed E-state index contributed by atoms with van der Waals surface area (Å²) in [7, 11) is 0. The molecule has 4 rings (SSSR count). The normalized spacial score (nSPS) is 27.2. The molecule has 0 spiro atoms. The maximum absolute atomic E-state index is 13.0. The van der Waals surface area contributed by atoms with Crippen molar-refractivity contribution in [1.29, 1.82) is 0 Å². The predicted octanol–water partition coefficient (Wildman–Crippen LogP) is 1.69. The number of rotatable bonds is 4. The highest BCUT2D eigenvalue weighted by Crippen LogP contribution is 2.22. The van der Waals surface area contributed by atoms with Crippen molar-refractivity contribution in [3.63, 3.8) is 0 Å². The molecule has 3 saturated heterocycles. The lowest BCUT2D eigenvalue weighted by Crippen LogP contribution is -2.42. The fourth-order valence-electron chi connectivity index (χ4n) is 3.99. The lowest BCUT2D eigenvalue weighted by Gasteiger charge is -2.28. The molecule has 1 amide bonds. The van der Waals surface area contributed by atoms with E-state index < -0.39 is 0 Å².